The standard InChI is InChI=1S/C9H18O3/c1-5-11-8(10)7-9(3,4)12-6-2/h5-7H2,1-4H3. The Bertz CT molecular complexity index is 141. The van der Waals surface area contributed by atoms with Crippen molar-refractivity contribution in [3.63, 3.8) is 0 Å². The summed E-state index contributed by atoms with van der Waals surface area (Å²) >= 11 is 0. The van der Waals surface area contributed by atoms with Crippen LogP contribution in [0.25, 0.3) is 0 Å². The van der Waals surface area contributed by atoms with Gasteiger partial charge in [-0.15, -0.1) is 0 Å². The molecule has 0 aromatic rings. The number of carbonyl (C=O) groups is 1. The van der Waals surface area contributed by atoms with Gasteiger partial charge in [0.1, 0.15) is 0 Å². The van der Waals surface area contributed by atoms with Crippen LogP contribution >= 0.6 is 0 Å². The summed E-state index contributed by atoms with van der Waals surface area (Å²) in [7, 11) is 0. The lowest BCUT2D eigenvalue weighted by atomic mass is 10.1. The first-order valence-corrected chi connectivity index (χ1v) is 4.31. The fraction of sp³-hybridized carbons (Fsp3) is 0.889. The molecule has 0 bridgehead atoms. The Labute approximate surface area is 74.0 Å². The molecule has 0 saturated carbocycles. The van der Waals surface area contributed by atoms with Crippen molar-refractivity contribution >= 4 is 5.97 Å². The molecular weight excluding hydrogens is 156 g/mol. The van der Waals surface area contributed by atoms with Crippen molar-refractivity contribution in [2.45, 2.75) is 39.7 Å². The van der Waals surface area contributed by atoms with Crippen molar-refractivity contribution in [1.29, 1.82) is 0 Å². The van der Waals surface area contributed by atoms with Crippen LogP contribution in [0.15, 0.2) is 0 Å². The molecule has 3 nitrogen and oxygen atoms in total. The minimum atomic E-state index is -0.402. The number of carbonyl (C=O) groups excluding carboxylic acids is 1. The second kappa shape index (κ2) is 5.14. The molecule has 0 aromatic carbocycles. The predicted octanol–water partition coefficient (Wildman–Crippen LogP) is 1.75. The van der Waals surface area contributed by atoms with Crippen LogP contribution in [0.5, 0.6) is 0 Å². The monoisotopic (exact) mass is 174 g/mol. The quantitative estimate of drug-likeness (QED) is 0.596. The molecule has 0 aromatic heterocycles. The Balaban J connectivity index is 3.79. The van der Waals surface area contributed by atoms with Crippen molar-refractivity contribution < 1.29 is 14.3 Å². The van der Waals surface area contributed by atoms with Gasteiger partial charge in [-0.25, -0.2) is 0 Å². The molecule has 0 radical (unpaired) electrons. The smallest absolute Gasteiger partial charge is 0.308 e. The summed E-state index contributed by atoms with van der Waals surface area (Å²) in [5.41, 5.74) is -0.402. The molecule has 12 heavy (non-hydrogen) atoms. The van der Waals surface area contributed by atoms with Gasteiger partial charge in [-0.2, -0.15) is 0 Å². The molecule has 0 aliphatic carbocycles. The highest BCUT2D eigenvalue weighted by molar-refractivity contribution is 5.70. The van der Waals surface area contributed by atoms with Gasteiger partial charge in [0, 0.05) is 6.61 Å². The molecule has 0 N–H and O–H groups in total. The van der Waals surface area contributed by atoms with Gasteiger partial charge in [-0.05, 0) is 27.7 Å². The summed E-state index contributed by atoms with van der Waals surface area (Å²) in [5, 5.41) is 0. The Morgan fingerprint density at radius 2 is 1.83 bits per heavy atom. The summed E-state index contributed by atoms with van der Waals surface area (Å²) < 4.78 is 10.2. The third-order valence-corrected chi connectivity index (χ3v) is 1.41. The first-order valence-electron chi connectivity index (χ1n) is 4.31. The summed E-state index contributed by atoms with van der Waals surface area (Å²) in [6.45, 7) is 8.52. The summed E-state index contributed by atoms with van der Waals surface area (Å²) in [6.07, 6.45) is 0.314. The minimum absolute atomic E-state index is 0.198. The van der Waals surface area contributed by atoms with E-state index in [2.05, 4.69) is 0 Å². The third-order valence-electron chi connectivity index (χ3n) is 1.41. The molecular formula is C9H18O3. The van der Waals surface area contributed by atoms with E-state index in [-0.39, 0.29) is 5.97 Å². The molecule has 0 amide bonds. The molecule has 0 spiro atoms. The van der Waals surface area contributed by atoms with Crippen LogP contribution in [-0.2, 0) is 14.3 Å². The highest BCUT2D eigenvalue weighted by atomic mass is 16.5. The average molecular weight is 174 g/mol. The molecule has 0 saturated heterocycles. The normalized spacial score (nSPS) is 11.3. The number of hydrogen-bond acceptors (Lipinski definition) is 3. The van der Waals surface area contributed by atoms with E-state index >= 15 is 0 Å². The highest BCUT2D eigenvalue weighted by Crippen LogP contribution is 2.14. The summed E-state index contributed by atoms with van der Waals surface area (Å²) in [6, 6.07) is 0. The molecule has 72 valence electrons. The molecule has 0 heterocycles. The second-order valence-corrected chi connectivity index (χ2v) is 3.17. The fourth-order valence-electron chi connectivity index (χ4n) is 1.00. The van der Waals surface area contributed by atoms with Crippen LogP contribution in [0.4, 0.5) is 0 Å². The predicted molar refractivity (Wildman–Crippen MR) is 47.0 cm³/mol. The Kier molecular flexibility index (Phi) is 4.90. The van der Waals surface area contributed by atoms with Crippen LogP contribution in [0.2, 0.25) is 0 Å². The molecule has 0 aliphatic heterocycles. The number of hydrogen-bond donors (Lipinski definition) is 0. The average Bonchev–Trinajstić information content (AvgIpc) is 1.85. The number of rotatable bonds is 5. The van der Waals surface area contributed by atoms with E-state index < -0.39 is 5.60 Å². The van der Waals surface area contributed by atoms with Crippen LogP contribution in [0, 0.1) is 0 Å². The van der Waals surface area contributed by atoms with Gasteiger partial charge in [0.05, 0.1) is 18.6 Å². The zero-order valence-corrected chi connectivity index (χ0v) is 8.35. The van der Waals surface area contributed by atoms with Gasteiger partial charge < -0.3 is 9.47 Å². The Morgan fingerprint density at radius 3 is 2.25 bits per heavy atom. The lowest BCUT2D eigenvalue weighted by Crippen LogP contribution is -2.28. The number of esters is 1. The van der Waals surface area contributed by atoms with E-state index in [9.17, 15) is 4.79 Å². The van der Waals surface area contributed by atoms with Gasteiger partial charge in [-0.3, -0.25) is 4.79 Å². The second-order valence-electron chi connectivity index (χ2n) is 3.17. The first kappa shape index (κ1) is 11.4. The molecule has 3 heteroatoms. The first-order chi connectivity index (χ1) is 5.52. The minimum Gasteiger partial charge on any atom is -0.466 e. The SMILES string of the molecule is CCOC(=O)CC(C)(C)OCC. The van der Waals surface area contributed by atoms with E-state index in [0.29, 0.717) is 19.6 Å². The van der Waals surface area contributed by atoms with Crippen molar-refractivity contribution in [3.8, 4) is 0 Å². The van der Waals surface area contributed by atoms with E-state index in [1.165, 1.54) is 0 Å². The fourth-order valence-corrected chi connectivity index (χ4v) is 1.00. The van der Waals surface area contributed by atoms with Crippen molar-refractivity contribution in [2.24, 2.45) is 0 Å². The van der Waals surface area contributed by atoms with Crippen LogP contribution in [0.1, 0.15) is 34.1 Å². The Morgan fingerprint density at radius 1 is 1.25 bits per heavy atom. The lowest BCUT2D eigenvalue weighted by molar-refractivity contribution is -0.149. The van der Waals surface area contributed by atoms with Crippen molar-refractivity contribution in [3.05, 3.63) is 0 Å². The van der Waals surface area contributed by atoms with Gasteiger partial charge in [0.25, 0.3) is 0 Å². The third kappa shape index (κ3) is 5.13. The van der Waals surface area contributed by atoms with E-state index in [1.54, 1.807) is 6.92 Å². The van der Waals surface area contributed by atoms with E-state index in [0.717, 1.165) is 0 Å². The lowest BCUT2D eigenvalue weighted by Gasteiger charge is -2.23. The zero-order valence-electron chi connectivity index (χ0n) is 8.35. The van der Waals surface area contributed by atoms with Gasteiger partial charge >= 0.3 is 5.97 Å². The zero-order chi connectivity index (χ0) is 9.61. The topological polar surface area (TPSA) is 35.5 Å². The summed E-state index contributed by atoms with van der Waals surface area (Å²) in [4.78, 5) is 11.0. The maximum Gasteiger partial charge on any atom is 0.308 e. The van der Waals surface area contributed by atoms with Gasteiger partial charge in [0.15, 0.2) is 0 Å². The van der Waals surface area contributed by atoms with Crippen LogP contribution < -0.4 is 0 Å². The van der Waals surface area contributed by atoms with Crippen molar-refractivity contribution in [2.75, 3.05) is 13.2 Å². The maximum absolute atomic E-state index is 11.0. The number of ether oxygens (including phenoxy) is 2. The van der Waals surface area contributed by atoms with Crippen LogP contribution in [-0.4, -0.2) is 24.8 Å². The van der Waals surface area contributed by atoms with E-state index in [1.807, 2.05) is 20.8 Å². The molecule has 0 fully saturated rings. The molecule has 0 rings (SSSR count). The molecule has 0 atom stereocenters. The van der Waals surface area contributed by atoms with Crippen LogP contribution in [0.3, 0.4) is 0 Å². The molecule has 0 aliphatic rings. The van der Waals surface area contributed by atoms with Gasteiger partial charge in [0.2, 0.25) is 0 Å². The van der Waals surface area contributed by atoms with E-state index in [4.69, 9.17) is 9.47 Å². The molecule has 0 unspecified atom stereocenters. The summed E-state index contributed by atoms with van der Waals surface area (Å²) in [5.74, 6) is -0.198. The Hall–Kier alpha value is -0.570. The maximum atomic E-state index is 11.0. The largest absolute Gasteiger partial charge is 0.466 e. The highest BCUT2D eigenvalue weighted by Gasteiger charge is 2.22. The van der Waals surface area contributed by atoms with Gasteiger partial charge in [-0.1, -0.05) is 0 Å². The van der Waals surface area contributed by atoms with Crippen molar-refractivity contribution in [1.82, 2.24) is 0 Å².